The molecule has 2 N–H and O–H groups in total. The molecule has 0 aliphatic carbocycles. The summed E-state index contributed by atoms with van der Waals surface area (Å²) < 4.78 is 0. The summed E-state index contributed by atoms with van der Waals surface area (Å²) in [6, 6.07) is 9.21. The van der Waals surface area contributed by atoms with Crippen LogP contribution in [-0.2, 0) is 9.59 Å². The molecule has 0 fully saturated rings. The van der Waals surface area contributed by atoms with Gasteiger partial charge >= 0.3 is 0 Å². The highest BCUT2D eigenvalue weighted by atomic mass is 32.2. The van der Waals surface area contributed by atoms with E-state index >= 15 is 0 Å². The minimum atomic E-state index is -0.529. The molecule has 0 aliphatic rings. The normalized spacial score (nSPS) is 12.1. The largest absolute Gasteiger partial charge is 0.355 e. The third-order valence-electron chi connectivity index (χ3n) is 2.27. The van der Waals surface area contributed by atoms with Gasteiger partial charge in [-0.15, -0.1) is 0 Å². The molecule has 0 spiro atoms. The predicted molar refractivity (Wildman–Crippen MR) is 77.7 cm³/mol. The monoisotopic (exact) mass is 278 g/mol. The molecule has 2 amide bonds. The van der Waals surface area contributed by atoms with E-state index in [0.717, 1.165) is 4.90 Å². The second-order valence-electron chi connectivity index (χ2n) is 3.86. The van der Waals surface area contributed by atoms with Gasteiger partial charge in [0.05, 0.1) is 0 Å². The summed E-state index contributed by atoms with van der Waals surface area (Å²) in [5.74, 6) is -0.456. The fourth-order valence-corrected chi connectivity index (χ4v) is 1.99. The maximum absolute atomic E-state index is 11.6. The standard InChI is InChI=1S/C14H18N2O2S/c1-3-15-14(18)11(2)16-13(17)9-10-19-12-7-5-4-6-8-12/h4-11H,3H2,1-2H3,(H,15,18)(H,16,17)/b10-9+/t11-/m1/s1. The molecule has 0 aromatic heterocycles. The van der Waals surface area contributed by atoms with E-state index in [-0.39, 0.29) is 11.8 Å². The number of rotatable bonds is 6. The Balaban J connectivity index is 2.36. The smallest absolute Gasteiger partial charge is 0.245 e. The Labute approximate surface area is 117 Å². The lowest BCUT2D eigenvalue weighted by Gasteiger charge is -2.11. The van der Waals surface area contributed by atoms with Crippen LogP contribution in [0.5, 0.6) is 0 Å². The van der Waals surface area contributed by atoms with Crippen molar-refractivity contribution in [3.63, 3.8) is 0 Å². The fraction of sp³-hybridized carbons (Fsp3) is 0.286. The average molecular weight is 278 g/mol. The van der Waals surface area contributed by atoms with Gasteiger partial charge in [0.1, 0.15) is 6.04 Å². The second-order valence-corrected chi connectivity index (χ2v) is 4.84. The molecule has 0 unspecified atom stereocenters. The second kappa shape index (κ2) is 8.37. The van der Waals surface area contributed by atoms with Crippen molar-refractivity contribution in [3.05, 3.63) is 41.8 Å². The zero-order valence-corrected chi connectivity index (χ0v) is 11.9. The highest BCUT2D eigenvalue weighted by molar-refractivity contribution is 8.02. The van der Waals surface area contributed by atoms with Gasteiger partial charge in [-0.2, -0.15) is 0 Å². The van der Waals surface area contributed by atoms with Gasteiger partial charge in [-0.25, -0.2) is 0 Å². The van der Waals surface area contributed by atoms with Crippen molar-refractivity contribution >= 4 is 23.6 Å². The molecule has 0 saturated carbocycles. The molecule has 0 radical (unpaired) electrons. The van der Waals surface area contributed by atoms with Crippen LogP contribution in [0.1, 0.15) is 13.8 Å². The van der Waals surface area contributed by atoms with E-state index in [4.69, 9.17) is 0 Å². The van der Waals surface area contributed by atoms with Gasteiger partial charge in [-0.1, -0.05) is 30.0 Å². The molecule has 0 heterocycles. The maximum Gasteiger partial charge on any atom is 0.245 e. The molecule has 1 aromatic rings. The van der Waals surface area contributed by atoms with Gasteiger partial charge in [-0.05, 0) is 31.4 Å². The maximum atomic E-state index is 11.6. The predicted octanol–water partition coefficient (Wildman–Crippen LogP) is 1.93. The topological polar surface area (TPSA) is 58.2 Å². The lowest BCUT2D eigenvalue weighted by atomic mass is 10.3. The molecule has 4 nitrogen and oxygen atoms in total. The summed E-state index contributed by atoms with van der Waals surface area (Å²) in [4.78, 5) is 24.0. The number of thioether (sulfide) groups is 1. The number of hydrogen-bond donors (Lipinski definition) is 2. The van der Waals surface area contributed by atoms with Gasteiger partial charge in [0.15, 0.2) is 0 Å². The van der Waals surface area contributed by atoms with Gasteiger partial charge in [0, 0.05) is 17.5 Å². The summed E-state index contributed by atoms with van der Waals surface area (Å²) in [5.41, 5.74) is 0. The molecule has 102 valence electrons. The van der Waals surface area contributed by atoms with Crippen LogP contribution in [0.15, 0.2) is 46.7 Å². The van der Waals surface area contributed by atoms with E-state index in [0.29, 0.717) is 6.54 Å². The molecule has 5 heteroatoms. The highest BCUT2D eigenvalue weighted by Crippen LogP contribution is 2.17. The number of carbonyl (C=O) groups excluding carboxylic acids is 2. The number of carbonyl (C=O) groups is 2. The Hall–Kier alpha value is -1.75. The average Bonchev–Trinajstić information content (AvgIpc) is 2.40. The van der Waals surface area contributed by atoms with E-state index in [1.54, 1.807) is 12.3 Å². The molecule has 19 heavy (non-hydrogen) atoms. The van der Waals surface area contributed by atoms with Gasteiger partial charge in [0.25, 0.3) is 0 Å². The Morgan fingerprint density at radius 2 is 2.00 bits per heavy atom. The molecule has 1 rings (SSSR count). The van der Waals surface area contributed by atoms with Crippen molar-refractivity contribution in [2.24, 2.45) is 0 Å². The lowest BCUT2D eigenvalue weighted by molar-refractivity contribution is -0.126. The summed E-state index contributed by atoms with van der Waals surface area (Å²) in [7, 11) is 0. The molecular weight excluding hydrogens is 260 g/mol. The van der Waals surface area contributed by atoms with E-state index in [2.05, 4.69) is 10.6 Å². The van der Waals surface area contributed by atoms with Crippen molar-refractivity contribution in [1.82, 2.24) is 10.6 Å². The minimum absolute atomic E-state index is 0.181. The van der Waals surface area contributed by atoms with Crippen LogP contribution in [0, 0.1) is 0 Å². The Bertz CT molecular complexity index is 446. The first kappa shape index (κ1) is 15.3. The van der Waals surface area contributed by atoms with Crippen LogP contribution >= 0.6 is 11.8 Å². The fourth-order valence-electron chi connectivity index (χ4n) is 1.33. The van der Waals surface area contributed by atoms with E-state index in [1.165, 1.54) is 17.8 Å². The van der Waals surface area contributed by atoms with Crippen LogP contribution < -0.4 is 10.6 Å². The van der Waals surface area contributed by atoms with Crippen molar-refractivity contribution in [2.45, 2.75) is 24.8 Å². The number of amides is 2. The van der Waals surface area contributed by atoms with Crippen molar-refractivity contribution < 1.29 is 9.59 Å². The first-order chi connectivity index (χ1) is 9.13. The summed E-state index contributed by atoms with van der Waals surface area (Å²) in [6.45, 7) is 4.04. The highest BCUT2D eigenvalue weighted by Gasteiger charge is 2.12. The Morgan fingerprint density at radius 1 is 1.32 bits per heavy atom. The minimum Gasteiger partial charge on any atom is -0.355 e. The van der Waals surface area contributed by atoms with Crippen LogP contribution in [0.3, 0.4) is 0 Å². The Morgan fingerprint density at radius 3 is 2.63 bits per heavy atom. The van der Waals surface area contributed by atoms with Crippen molar-refractivity contribution in [1.29, 1.82) is 0 Å². The van der Waals surface area contributed by atoms with Gasteiger partial charge < -0.3 is 10.6 Å². The molecule has 0 aliphatic heterocycles. The third-order valence-corrected chi connectivity index (χ3v) is 3.09. The third kappa shape index (κ3) is 6.10. The zero-order valence-electron chi connectivity index (χ0n) is 11.1. The van der Waals surface area contributed by atoms with E-state index in [9.17, 15) is 9.59 Å². The summed E-state index contributed by atoms with van der Waals surface area (Å²) in [5, 5.41) is 6.95. The zero-order chi connectivity index (χ0) is 14.1. The van der Waals surface area contributed by atoms with Gasteiger partial charge in [-0.3, -0.25) is 9.59 Å². The lowest BCUT2D eigenvalue weighted by Crippen LogP contribution is -2.44. The molecular formula is C14H18N2O2S. The Kier molecular flexibility index (Phi) is 6.74. The molecule has 1 atom stereocenters. The van der Waals surface area contributed by atoms with Crippen LogP contribution in [0.2, 0.25) is 0 Å². The van der Waals surface area contributed by atoms with Crippen LogP contribution in [-0.4, -0.2) is 24.4 Å². The summed E-state index contributed by atoms with van der Waals surface area (Å²) >= 11 is 1.45. The quantitative estimate of drug-likeness (QED) is 0.617. The van der Waals surface area contributed by atoms with Crippen molar-refractivity contribution in [3.8, 4) is 0 Å². The van der Waals surface area contributed by atoms with Crippen LogP contribution in [0.4, 0.5) is 0 Å². The number of benzene rings is 1. The molecule has 0 saturated heterocycles. The first-order valence-corrected chi connectivity index (χ1v) is 6.98. The number of likely N-dealkylation sites (N-methyl/N-ethyl adjacent to an activating group) is 1. The summed E-state index contributed by atoms with van der Waals surface area (Å²) in [6.07, 6.45) is 1.42. The molecule has 0 bridgehead atoms. The molecule has 1 aromatic carbocycles. The van der Waals surface area contributed by atoms with E-state index in [1.807, 2.05) is 37.3 Å². The number of nitrogens with one attached hydrogen (secondary N) is 2. The first-order valence-electron chi connectivity index (χ1n) is 6.10. The van der Waals surface area contributed by atoms with E-state index < -0.39 is 6.04 Å². The van der Waals surface area contributed by atoms with Crippen molar-refractivity contribution in [2.75, 3.05) is 6.54 Å². The van der Waals surface area contributed by atoms with Gasteiger partial charge in [0.2, 0.25) is 11.8 Å². The SMILES string of the molecule is CCNC(=O)[C@@H](C)NC(=O)/C=C/Sc1ccccc1. The number of hydrogen-bond acceptors (Lipinski definition) is 3. The van der Waals surface area contributed by atoms with Crippen LogP contribution in [0.25, 0.3) is 0 Å².